The molecule has 0 heterocycles. The average molecular weight is 373 g/mol. The smallest absolute Gasteiger partial charge is 0.0766 e. The largest absolute Gasteiger partial charge is 0.0972 e. The van der Waals surface area contributed by atoms with Crippen LogP contribution in [0.4, 0.5) is 0 Å². The van der Waals surface area contributed by atoms with Gasteiger partial charge >= 0.3 is 0 Å². The normalized spacial score (nSPS) is 13.4. The van der Waals surface area contributed by atoms with Crippen molar-refractivity contribution in [2.45, 2.75) is 83.7 Å². The summed E-state index contributed by atoms with van der Waals surface area (Å²) in [7, 11) is -2.43. The highest BCUT2D eigenvalue weighted by Crippen LogP contribution is 2.28. The Hall–Kier alpha value is -0.866. The van der Waals surface area contributed by atoms with Crippen LogP contribution in [0.5, 0.6) is 0 Å². The van der Waals surface area contributed by atoms with Gasteiger partial charge in [-0.15, -0.1) is 0 Å². The van der Waals surface area contributed by atoms with Crippen molar-refractivity contribution in [1.82, 2.24) is 0 Å². The Morgan fingerprint density at radius 1 is 0.640 bits per heavy atom. The van der Waals surface area contributed by atoms with Crippen LogP contribution in [0.1, 0.15) is 53.0 Å². The average Bonchev–Trinajstić information content (AvgIpc) is 2.69. The second-order valence-corrected chi connectivity index (χ2v) is 17.9. The quantitative estimate of drug-likeness (QED) is 0.345. The van der Waals surface area contributed by atoms with E-state index in [9.17, 15) is 0 Å². The van der Waals surface area contributed by atoms with Gasteiger partial charge in [-0.1, -0.05) is 132 Å². The van der Waals surface area contributed by atoms with Gasteiger partial charge in [-0.05, 0) is 5.56 Å². The van der Waals surface area contributed by atoms with Crippen molar-refractivity contribution in [1.29, 1.82) is 0 Å². The molecule has 1 aromatic rings. The standard InChI is InChI=1S/C23H40Si2/c1-7-24(8-2,9-3)20-18-23(22-16-14-13-15-17-22)19-21-25(10-4,11-5)12-6/h13-21,23H,7-12H2,1-6H3/b20-18+,21-19+. The van der Waals surface area contributed by atoms with E-state index < -0.39 is 16.1 Å². The van der Waals surface area contributed by atoms with E-state index in [2.05, 4.69) is 95.4 Å². The zero-order valence-electron chi connectivity index (χ0n) is 17.5. The maximum Gasteiger partial charge on any atom is 0.0766 e. The summed E-state index contributed by atoms with van der Waals surface area (Å²) in [5.74, 6) is 0.439. The van der Waals surface area contributed by atoms with Crippen molar-refractivity contribution in [3.05, 3.63) is 59.4 Å². The van der Waals surface area contributed by atoms with Crippen molar-refractivity contribution >= 4 is 16.1 Å². The molecule has 0 bridgehead atoms. The molecular formula is C23H40Si2. The van der Waals surface area contributed by atoms with E-state index in [0.717, 1.165) is 0 Å². The topological polar surface area (TPSA) is 0 Å². The van der Waals surface area contributed by atoms with Crippen molar-refractivity contribution in [2.75, 3.05) is 0 Å². The van der Waals surface area contributed by atoms with Gasteiger partial charge in [0.15, 0.2) is 0 Å². The summed E-state index contributed by atoms with van der Waals surface area (Å²) < 4.78 is 0. The minimum absolute atomic E-state index is 0.439. The van der Waals surface area contributed by atoms with Gasteiger partial charge in [-0.25, -0.2) is 0 Å². The summed E-state index contributed by atoms with van der Waals surface area (Å²) in [5.41, 5.74) is 6.75. The second-order valence-electron chi connectivity index (χ2n) is 7.50. The lowest BCUT2D eigenvalue weighted by Crippen LogP contribution is -2.29. The molecule has 0 aliphatic heterocycles. The van der Waals surface area contributed by atoms with Gasteiger partial charge in [0.05, 0.1) is 16.1 Å². The van der Waals surface area contributed by atoms with E-state index in [1.807, 2.05) is 0 Å². The highest BCUT2D eigenvalue weighted by molar-refractivity contribution is 6.84. The van der Waals surface area contributed by atoms with E-state index >= 15 is 0 Å². The molecule has 25 heavy (non-hydrogen) atoms. The summed E-state index contributed by atoms with van der Waals surface area (Å²) in [6.45, 7) is 14.3. The van der Waals surface area contributed by atoms with Crippen LogP contribution in [-0.4, -0.2) is 16.1 Å². The predicted octanol–water partition coefficient (Wildman–Crippen LogP) is 7.98. The Kier molecular flexibility index (Phi) is 9.74. The minimum atomic E-state index is -1.22. The molecule has 2 heteroatoms. The highest BCUT2D eigenvalue weighted by Gasteiger charge is 2.25. The Bertz CT molecular complexity index is 476. The van der Waals surface area contributed by atoms with Gasteiger partial charge in [0.25, 0.3) is 0 Å². The van der Waals surface area contributed by atoms with Crippen molar-refractivity contribution < 1.29 is 0 Å². The zero-order valence-corrected chi connectivity index (χ0v) is 19.5. The van der Waals surface area contributed by atoms with Crippen LogP contribution < -0.4 is 0 Å². The number of benzene rings is 1. The molecule has 1 aromatic carbocycles. The van der Waals surface area contributed by atoms with Gasteiger partial charge in [-0.3, -0.25) is 0 Å². The first-order valence-electron chi connectivity index (χ1n) is 10.5. The van der Waals surface area contributed by atoms with Gasteiger partial charge in [0.2, 0.25) is 0 Å². The van der Waals surface area contributed by atoms with Crippen molar-refractivity contribution in [2.24, 2.45) is 0 Å². The van der Waals surface area contributed by atoms with Gasteiger partial charge in [0.1, 0.15) is 0 Å². The third-order valence-corrected chi connectivity index (χ3v) is 17.0. The Balaban J connectivity index is 3.19. The van der Waals surface area contributed by atoms with Gasteiger partial charge < -0.3 is 0 Å². The van der Waals surface area contributed by atoms with Crippen molar-refractivity contribution in [3.8, 4) is 0 Å². The third-order valence-electron chi connectivity index (χ3n) is 6.72. The van der Waals surface area contributed by atoms with E-state index in [4.69, 9.17) is 0 Å². The molecule has 0 N–H and O–H groups in total. The van der Waals surface area contributed by atoms with Crippen LogP contribution in [0.2, 0.25) is 36.3 Å². The van der Waals surface area contributed by atoms with Crippen LogP contribution in [0.25, 0.3) is 0 Å². The molecule has 1 rings (SSSR count). The summed E-state index contributed by atoms with van der Waals surface area (Å²) >= 11 is 0. The lowest BCUT2D eigenvalue weighted by molar-refractivity contribution is 1.07. The predicted molar refractivity (Wildman–Crippen MR) is 122 cm³/mol. The lowest BCUT2D eigenvalue weighted by Gasteiger charge is -2.26. The van der Waals surface area contributed by atoms with Crippen LogP contribution >= 0.6 is 0 Å². The molecule has 0 unspecified atom stereocenters. The Morgan fingerprint density at radius 3 is 1.32 bits per heavy atom. The third kappa shape index (κ3) is 6.11. The van der Waals surface area contributed by atoms with Crippen LogP contribution in [-0.2, 0) is 0 Å². The fourth-order valence-electron chi connectivity index (χ4n) is 3.78. The summed E-state index contributed by atoms with van der Waals surface area (Å²) in [6, 6.07) is 19.2. The summed E-state index contributed by atoms with van der Waals surface area (Å²) in [6.07, 6.45) is 5.07. The number of hydrogen-bond donors (Lipinski definition) is 0. The summed E-state index contributed by atoms with van der Waals surface area (Å²) in [4.78, 5) is 0. The number of hydrogen-bond acceptors (Lipinski definition) is 0. The molecule has 0 radical (unpaired) electrons. The van der Waals surface area contributed by atoms with E-state index in [1.54, 1.807) is 0 Å². The highest BCUT2D eigenvalue weighted by atomic mass is 28.3. The first-order chi connectivity index (χ1) is 12.0. The van der Waals surface area contributed by atoms with E-state index in [0.29, 0.717) is 5.92 Å². The summed E-state index contributed by atoms with van der Waals surface area (Å²) in [5, 5.41) is 0. The fourth-order valence-corrected chi connectivity index (χ4v) is 9.43. The fraction of sp³-hybridized carbons (Fsp3) is 0.565. The molecule has 0 saturated carbocycles. The first kappa shape index (κ1) is 22.2. The van der Waals surface area contributed by atoms with E-state index in [1.165, 1.54) is 41.8 Å². The molecule has 0 fully saturated rings. The maximum absolute atomic E-state index is 2.65. The Labute approximate surface area is 159 Å². The monoisotopic (exact) mass is 372 g/mol. The Morgan fingerprint density at radius 2 is 1.00 bits per heavy atom. The second kappa shape index (κ2) is 11.0. The molecule has 0 saturated heterocycles. The zero-order chi connectivity index (χ0) is 18.8. The van der Waals surface area contributed by atoms with Crippen LogP contribution in [0.3, 0.4) is 0 Å². The molecule has 0 atom stereocenters. The maximum atomic E-state index is 2.65. The van der Waals surface area contributed by atoms with Crippen molar-refractivity contribution in [3.63, 3.8) is 0 Å². The lowest BCUT2D eigenvalue weighted by atomic mass is 10.00. The minimum Gasteiger partial charge on any atom is -0.0972 e. The molecule has 0 aromatic heterocycles. The number of allylic oxidation sites excluding steroid dienone is 2. The SMILES string of the molecule is CC[Si](/C=C/C(/C=C/[Si](CC)(CC)CC)c1ccccc1)(CC)CC. The van der Waals surface area contributed by atoms with Gasteiger partial charge in [-0.2, -0.15) is 0 Å². The first-order valence-corrected chi connectivity index (χ1v) is 15.9. The van der Waals surface area contributed by atoms with Crippen LogP contribution in [0, 0.1) is 0 Å². The molecular weight excluding hydrogens is 332 g/mol. The molecule has 140 valence electrons. The molecule has 0 amide bonds. The van der Waals surface area contributed by atoms with Gasteiger partial charge in [0, 0.05) is 5.92 Å². The van der Waals surface area contributed by atoms with E-state index in [-0.39, 0.29) is 0 Å². The van der Waals surface area contributed by atoms with Crippen LogP contribution in [0.15, 0.2) is 53.9 Å². The molecule has 0 aliphatic carbocycles. The molecule has 0 spiro atoms. The molecule has 0 aliphatic rings. The number of rotatable bonds is 11. The molecule has 0 nitrogen and oxygen atoms in total.